The number of hydrogen-bond acceptors (Lipinski definition) is 10. The third-order valence-corrected chi connectivity index (χ3v) is 8.62. The van der Waals surface area contributed by atoms with Gasteiger partial charge in [-0.05, 0) is 54.3 Å². The van der Waals surface area contributed by atoms with E-state index in [1.54, 1.807) is 0 Å². The zero-order chi connectivity index (χ0) is 26.2. The molecule has 12 heteroatoms. The summed E-state index contributed by atoms with van der Waals surface area (Å²) in [6, 6.07) is 10.1. The molecule has 1 saturated carbocycles. The highest BCUT2D eigenvalue weighted by atomic mass is 32.2. The molecule has 0 unspecified atom stereocenters. The number of aliphatic hydroxyl groups is 1. The average Bonchev–Trinajstić information content (AvgIpc) is 3.50. The van der Waals surface area contributed by atoms with Gasteiger partial charge in [0.15, 0.2) is 0 Å². The fourth-order valence-corrected chi connectivity index (χ4v) is 6.60. The lowest BCUT2D eigenvalue weighted by Crippen LogP contribution is -2.45. The Morgan fingerprint density at radius 2 is 2.16 bits per heavy atom. The van der Waals surface area contributed by atoms with E-state index in [4.69, 9.17) is 5.14 Å². The van der Waals surface area contributed by atoms with Gasteiger partial charge in [0.05, 0.1) is 28.7 Å². The number of aromatic nitrogens is 2. The van der Waals surface area contributed by atoms with Gasteiger partial charge in [0.1, 0.15) is 12.1 Å². The van der Waals surface area contributed by atoms with Crippen molar-refractivity contribution < 1.29 is 22.5 Å². The molecule has 10 nitrogen and oxygen atoms in total. The van der Waals surface area contributed by atoms with Gasteiger partial charge in [-0.2, -0.15) is 8.42 Å². The molecule has 1 fully saturated rings. The predicted octanol–water partition coefficient (Wildman–Crippen LogP) is 1.95. The van der Waals surface area contributed by atoms with Crippen LogP contribution < -0.4 is 15.8 Å². The Morgan fingerprint density at radius 3 is 2.97 bits per heavy atom. The molecule has 196 valence electrons. The fourth-order valence-electron chi connectivity index (χ4n) is 5.26. The lowest BCUT2D eigenvalue weighted by atomic mass is 9.80. The molecule has 1 aliphatic heterocycles. The summed E-state index contributed by atoms with van der Waals surface area (Å²) < 4.78 is 26.9. The van der Waals surface area contributed by atoms with Crippen LogP contribution in [0.3, 0.4) is 0 Å². The topological polar surface area (TPSA) is 157 Å². The summed E-state index contributed by atoms with van der Waals surface area (Å²) >= 11 is 1.38. The molecular weight excluding hydrogens is 514 g/mol. The Bertz CT molecular complexity index is 1410. The Balaban J connectivity index is 1.34. The van der Waals surface area contributed by atoms with Crippen LogP contribution in [0.4, 0.5) is 5.82 Å². The van der Waals surface area contributed by atoms with E-state index in [0.29, 0.717) is 29.1 Å². The van der Waals surface area contributed by atoms with E-state index in [9.17, 15) is 18.3 Å². The van der Waals surface area contributed by atoms with E-state index >= 15 is 0 Å². The van der Waals surface area contributed by atoms with Crippen molar-refractivity contribution in [2.24, 2.45) is 11.1 Å². The molecular formula is C25H29N5O5S2. The second-order valence-electron chi connectivity index (χ2n) is 9.69. The number of nitrogens with one attached hydrogen (secondary N) is 2. The first-order valence-corrected chi connectivity index (χ1v) is 14.4. The maximum absolute atomic E-state index is 13.5. The van der Waals surface area contributed by atoms with E-state index in [0.717, 1.165) is 18.5 Å². The van der Waals surface area contributed by atoms with Crippen LogP contribution in [0.25, 0.3) is 0 Å². The van der Waals surface area contributed by atoms with Gasteiger partial charge in [0.2, 0.25) is 5.78 Å². The number of carbonyl (C=O) groups excluding carboxylic acids is 1. The molecule has 0 bridgehead atoms. The number of rotatable bonds is 8. The molecule has 2 aliphatic rings. The van der Waals surface area contributed by atoms with Crippen molar-refractivity contribution in [3.8, 4) is 0 Å². The summed E-state index contributed by atoms with van der Waals surface area (Å²) in [6.45, 7) is 2.78. The lowest BCUT2D eigenvalue weighted by Gasteiger charge is -2.37. The number of fused-ring (bicyclic) bond motifs is 1. The monoisotopic (exact) mass is 543 g/mol. The molecule has 0 saturated heterocycles. The summed E-state index contributed by atoms with van der Waals surface area (Å²) in [5.74, 6) is -0.240. The SMILES string of the molecule is C[C@@]1(c2csc(C(=O)c3cncnc3N[C@@H]3C[C@H](COS(N)(=O)=O)[C@@H](O)C3)c2)NCCc2ccccc21. The van der Waals surface area contributed by atoms with Gasteiger partial charge in [-0.3, -0.25) is 8.98 Å². The van der Waals surface area contributed by atoms with Crippen molar-refractivity contribution in [3.05, 3.63) is 75.4 Å². The number of nitrogens with zero attached hydrogens (tertiary/aromatic N) is 2. The quantitative estimate of drug-likeness (QED) is 0.312. The van der Waals surface area contributed by atoms with Gasteiger partial charge in [-0.25, -0.2) is 15.1 Å². The lowest BCUT2D eigenvalue weighted by molar-refractivity contribution is 0.101. The number of ketones is 1. The molecule has 37 heavy (non-hydrogen) atoms. The number of thiophene rings is 1. The number of carbonyl (C=O) groups is 1. The third kappa shape index (κ3) is 5.44. The van der Waals surface area contributed by atoms with Crippen LogP contribution in [0.15, 0.2) is 48.2 Å². The highest BCUT2D eigenvalue weighted by molar-refractivity contribution is 7.84. The maximum Gasteiger partial charge on any atom is 0.333 e. The van der Waals surface area contributed by atoms with E-state index in [2.05, 4.69) is 49.9 Å². The summed E-state index contributed by atoms with van der Waals surface area (Å²) in [6.07, 6.45) is 3.81. The van der Waals surface area contributed by atoms with Crippen LogP contribution in [-0.2, 0) is 26.4 Å². The zero-order valence-corrected chi connectivity index (χ0v) is 21.9. The van der Waals surface area contributed by atoms with Gasteiger partial charge in [-0.1, -0.05) is 24.3 Å². The molecule has 0 amide bonds. The van der Waals surface area contributed by atoms with E-state index in [1.807, 2.05) is 17.5 Å². The highest BCUT2D eigenvalue weighted by Gasteiger charge is 2.36. The van der Waals surface area contributed by atoms with Crippen molar-refractivity contribution in [1.29, 1.82) is 0 Å². The third-order valence-electron chi connectivity index (χ3n) is 7.23. The van der Waals surface area contributed by atoms with Crippen molar-refractivity contribution in [1.82, 2.24) is 15.3 Å². The number of aliphatic hydroxyl groups excluding tert-OH is 1. The van der Waals surface area contributed by atoms with Gasteiger partial charge >= 0.3 is 10.3 Å². The molecule has 3 aromatic rings. The van der Waals surface area contributed by atoms with Gasteiger partial charge in [-0.15, -0.1) is 11.3 Å². The minimum absolute atomic E-state index is 0.195. The number of hydrogen-bond donors (Lipinski definition) is 4. The van der Waals surface area contributed by atoms with Gasteiger partial charge < -0.3 is 15.7 Å². The Morgan fingerprint density at radius 1 is 1.35 bits per heavy atom. The summed E-state index contributed by atoms with van der Waals surface area (Å²) in [4.78, 5) is 22.5. The van der Waals surface area contributed by atoms with Crippen LogP contribution in [-0.4, -0.2) is 54.6 Å². The van der Waals surface area contributed by atoms with Crippen LogP contribution in [0.1, 0.15) is 51.7 Å². The molecule has 0 radical (unpaired) electrons. The molecule has 1 aromatic carbocycles. The summed E-state index contributed by atoms with van der Waals surface area (Å²) in [5.41, 5.74) is 3.47. The summed E-state index contributed by atoms with van der Waals surface area (Å²) in [5, 5.41) is 24.1. The molecule has 3 heterocycles. The molecule has 1 aliphatic carbocycles. The van der Waals surface area contributed by atoms with Crippen molar-refractivity contribution >= 4 is 33.2 Å². The number of nitrogens with two attached hydrogens (primary N) is 1. The molecule has 0 spiro atoms. The highest BCUT2D eigenvalue weighted by Crippen LogP contribution is 2.37. The average molecular weight is 544 g/mol. The van der Waals surface area contributed by atoms with Crippen LogP contribution >= 0.6 is 11.3 Å². The van der Waals surface area contributed by atoms with E-state index in [1.165, 1.54) is 35.0 Å². The number of anilines is 1. The Kier molecular flexibility index (Phi) is 7.14. The second kappa shape index (κ2) is 10.2. The molecule has 4 atom stereocenters. The normalized spacial score (nSPS) is 25.5. The largest absolute Gasteiger partial charge is 0.393 e. The molecule has 5 N–H and O–H groups in total. The van der Waals surface area contributed by atoms with E-state index < -0.39 is 27.9 Å². The van der Waals surface area contributed by atoms with E-state index in [-0.39, 0.29) is 18.4 Å². The first kappa shape index (κ1) is 25.9. The van der Waals surface area contributed by atoms with Crippen LogP contribution in [0, 0.1) is 5.92 Å². The smallest absolute Gasteiger partial charge is 0.333 e. The molecule has 2 aromatic heterocycles. The van der Waals surface area contributed by atoms with Crippen LogP contribution in [0.5, 0.6) is 0 Å². The maximum atomic E-state index is 13.5. The standard InChI is InChI=1S/C25H29N5O5S2/c1-25(20-5-3-2-4-15(20)6-7-29-25)17-9-22(36-13-17)23(32)19-11-27-14-28-24(19)30-18-8-16(21(31)10-18)12-35-37(26,33)34/h2-5,9,11,13-14,16,18,21,29,31H,6-8,10,12H2,1H3,(H2,26,33,34)(H,27,28,30)/t16-,18-,21+,25+/m1/s1. The predicted molar refractivity (Wildman–Crippen MR) is 140 cm³/mol. The molecule has 5 rings (SSSR count). The first-order chi connectivity index (χ1) is 17.6. The van der Waals surface area contributed by atoms with Gasteiger partial charge in [0.25, 0.3) is 0 Å². The minimum Gasteiger partial charge on any atom is -0.393 e. The van der Waals surface area contributed by atoms with Crippen molar-refractivity contribution in [2.75, 3.05) is 18.5 Å². The van der Waals surface area contributed by atoms with Gasteiger partial charge in [0, 0.05) is 24.7 Å². The zero-order valence-electron chi connectivity index (χ0n) is 20.3. The number of benzene rings is 1. The Hall–Kier alpha value is -2.74. The summed E-state index contributed by atoms with van der Waals surface area (Å²) in [7, 11) is -4.09. The van der Waals surface area contributed by atoms with Crippen molar-refractivity contribution in [3.63, 3.8) is 0 Å². The van der Waals surface area contributed by atoms with Crippen molar-refractivity contribution in [2.45, 2.75) is 43.9 Å². The van der Waals surface area contributed by atoms with Crippen LogP contribution in [0.2, 0.25) is 0 Å². The fraction of sp³-hybridized carbons (Fsp3) is 0.400. The Labute approximate surface area is 219 Å². The minimum atomic E-state index is -4.09. The first-order valence-electron chi connectivity index (χ1n) is 12.0. The second-order valence-corrected chi connectivity index (χ2v) is 11.8.